The van der Waals surface area contributed by atoms with Crippen molar-refractivity contribution in [3.8, 4) is 6.07 Å². The fourth-order valence-electron chi connectivity index (χ4n) is 3.33. The number of pyridine rings is 1. The third kappa shape index (κ3) is 5.39. The maximum atomic E-state index is 12.2. The lowest BCUT2D eigenvalue weighted by molar-refractivity contribution is 0.0601. The highest BCUT2D eigenvalue weighted by atomic mass is 16.5. The summed E-state index contributed by atoms with van der Waals surface area (Å²) in [6, 6.07) is 3.97. The van der Waals surface area contributed by atoms with Crippen molar-refractivity contribution in [1.82, 2.24) is 19.9 Å². The number of rotatable bonds is 7. The summed E-state index contributed by atoms with van der Waals surface area (Å²) in [5.74, 6) is 0.539. The van der Waals surface area contributed by atoms with Crippen molar-refractivity contribution in [2.45, 2.75) is 32.2 Å². The van der Waals surface area contributed by atoms with Crippen molar-refractivity contribution in [3.05, 3.63) is 35.9 Å². The molecule has 2 aromatic heterocycles. The van der Waals surface area contributed by atoms with Gasteiger partial charge in [0.15, 0.2) is 5.69 Å². The predicted molar refractivity (Wildman–Crippen MR) is 109 cm³/mol. The molecule has 1 saturated heterocycles. The van der Waals surface area contributed by atoms with Crippen molar-refractivity contribution < 1.29 is 9.53 Å². The maximum Gasteiger partial charge on any atom is 0.341 e. The number of hydrogen-bond donors (Lipinski definition) is 2. The molecule has 0 bridgehead atoms. The van der Waals surface area contributed by atoms with Crippen LogP contribution in [0, 0.1) is 11.3 Å². The van der Waals surface area contributed by atoms with Crippen molar-refractivity contribution >= 4 is 23.3 Å². The fraction of sp³-hybridized carbons (Fsp3) is 0.450. The van der Waals surface area contributed by atoms with Gasteiger partial charge in [0.05, 0.1) is 25.2 Å². The number of methoxy groups -OCH3 is 1. The van der Waals surface area contributed by atoms with E-state index in [2.05, 4.69) is 37.4 Å². The van der Waals surface area contributed by atoms with E-state index in [0.29, 0.717) is 22.9 Å². The minimum Gasteiger partial charge on any atom is -0.465 e. The number of esters is 1. The molecular formula is C20H25N7O2. The maximum absolute atomic E-state index is 12.2. The molecule has 1 aliphatic rings. The number of carbonyl (C=O) groups is 1. The van der Waals surface area contributed by atoms with Crippen LogP contribution in [-0.2, 0) is 4.74 Å². The summed E-state index contributed by atoms with van der Waals surface area (Å²) in [6.45, 7) is 5.39. The molecule has 0 unspecified atom stereocenters. The van der Waals surface area contributed by atoms with Gasteiger partial charge in [-0.1, -0.05) is 6.92 Å². The van der Waals surface area contributed by atoms with Gasteiger partial charge in [-0.05, 0) is 25.8 Å². The van der Waals surface area contributed by atoms with Crippen molar-refractivity contribution in [2.75, 3.05) is 37.4 Å². The number of piperidine rings is 1. The monoisotopic (exact) mass is 395 g/mol. The zero-order valence-corrected chi connectivity index (χ0v) is 16.7. The van der Waals surface area contributed by atoms with Crippen LogP contribution < -0.4 is 10.6 Å². The molecule has 0 spiro atoms. The Labute approximate surface area is 170 Å². The Morgan fingerprint density at radius 3 is 2.62 bits per heavy atom. The summed E-state index contributed by atoms with van der Waals surface area (Å²) in [5.41, 5.74) is 1.30. The molecule has 9 heteroatoms. The Morgan fingerprint density at radius 1 is 1.24 bits per heavy atom. The van der Waals surface area contributed by atoms with E-state index < -0.39 is 5.97 Å². The zero-order chi connectivity index (χ0) is 20.6. The molecule has 0 amide bonds. The van der Waals surface area contributed by atoms with E-state index in [4.69, 9.17) is 10.00 Å². The number of carbonyl (C=O) groups excluding carboxylic acids is 1. The minimum atomic E-state index is -0.437. The molecule has 0 aliphatic carbocycles. The summed E-state index contributed by atoms with van der Waals surface area (Å²) in [4.78, 5) is 27.0. The predicted octanol–water partition coefficient (Wildman–Crippen LogP) is 2.56. The number of hydrogen-bond acceptors (Lipinski definition) is 9. The highest BCUT2D eigenvalue weighted by Gasteiger charge is 2.21. The Balaban J connectivity index is 1.75. The molecule has 1 fully saturated rings. The summed E-state index contributed by atoms with van der Waals surface area (Å²) in [5, 5.41) is 15.4. The summed E-state index contributed by atoms with van der Waals surface area (Å²) < 4.78 is 4.90. The van der Waals surface area contributed by atoms with E-state index in [1.165, 1.54) is 25.7 Å². The highest BCUT2D eigenvalue weighted by Crippen LogP contribution is 2.24. The standard InChI is InChI=1S/C20H25N7O2/c1-3-6-27-7-4-14(5-8-27)25-17-9-18(24-12-16(17)20(28)29-2)26-19-13-22-15(10-21)11-23-19/h9,11-14H,3-8H2,1-2H3,(H2,23,24,25,26). The van der Waals surface area contributed by atoms with E-state index >= 15 is 0 Å². The molecular weight excluding hydrogens is 370 g/mol. The molecule has 0 saturated carbocycles. The largest absolute Gasteiger partial charge is 0.465 e. The Morgan fingerprint density at radius 2 is 2.00 bits per heavy atom. The third-order valence-electron chi connectivity index (χ3n) is 4.82. The molecule has 0 radical (unpaired) electrons. The first-order valence-electron chi connectivity index (χ1n) is 9.69. The normalized spacial score (nSPS) is 14.8. The van der Waals surface area contributed by atoms with Gasteiger partial charge in [-0.3, -0.25) is 0 Å². The second-order valence-corrected chi connectivity index (χ2v) is 6.89. The topological polar surface area (TPSA) is 116 Å². The van der Waals surface area contributed by atoms with Crippen LogP contribution in [0.3, 0.4) is 0 Å². The second kappa shape index (κ2) is 9.80. The number of anilines is 3. The van der Waals surface area contributed by atoms with Gasteiger partial charge in [0.2, 0.25) is 0 Å². The molecule has 0 atom stereocenters. The van der Waals surface area contributed by atoms with Gasteiger partial charge in [0.25, 0.3) is 0 Å². The van der Waals surface area contributed by atoms with Crippen molar-refractivity contribution in [3.63, 3.8) is 0 Å². The second-order valence-electron chi connectivity index (χ2n) is 6.89. The van der Waals surface area contributed by atoms with Gasteiger partial charge < -0.3 is 20.3 Å². The lowest BCUT2D eigenvalue weighted by Crippen LogP contribution is -2.39. The number of nitrogens with one attached hydrogen (secondary N) is 2. The van der Waals surface area contributed by atoms with Crippen LogP contribution in [-0.4, -0.2) is 58.6 Å². The lowest BCUT2D eigenvalue weighted by Gasteiger charge is -2.33. The zero-order valence-electron chi connectivity index (χ0n) is 16.7. The van der Waals surface area contributed by atoms with Crippen LogP contribution in [0.2, 0.25) is 0 Å². The summed E-state index contributed by atoms with van der Waals surface area (Å²) >= 11 is 0. The molecule has 2 N–H and O–H groups in total. The Bertz CT molecular complexity index is 871. The van der Waals surface area contributed by atoms with Gasteiger partial charge in [0, 0.05) is 31.4 Å². The molecule has 29 heavy (non-hydrogen) atoms. The van der Waals surface area contributed by atoms with Crippen LogP contribution in [0.5, 0.6) is 0 Å². The SMILES string of the molecule is CCCN1CCC(Nc2cc(Nc3cnc(C#N)cn3)ncc2C(=O)OC)CC1. The number of nitrogens with zero attached hydrogens (tertiary/aromatic N) is 5. The summed E-state index contributed by atoms with van der Waals surface area (Å²) in [7, 11) is 1.36. The number of ether oxygens (including phenoxy) is 1. The minimum absolute atomic E-state index is 0.237. The Hall–Kier alpha value is -3.25. The molecule has 152 valence electrons. The van der Waals surface area contributed by atoms with E-state index in [1.807, 2.05) is 6.07 Å². The molecule has 3 heterocycles. The fourth-order valence-corrected chi connectivity index (χ4v) is 3.33. The third-order valence-corrected chi connectivity index (χ3v) is 4.82. The number of likely N-dealkylation sites (tertiary alicyclic amines) is 1. The molecule has 0 aromatic carbocycles. The quantitative estimate of drug-likeness (QED) is 0.682. The highest BCUT2D eigenvalue weighted by molar-refractivity contribution is 5.95. The summed E-state index contributed by atoms with van der Waals surface area (Å²) in [6.07, 6.45) is 7.50. The molecule has 2 aromatic rings. The van der Waals surface area contributed by atoms with Crippen LogP contribution in [0.25, 0.3) is 0 Å². The first-order chi connectivity index (χ1) is 14.1. The van der Waals surface area contributed by atoms with Gasteiger partial charge in [-0.2, -0.15) is 5.26 Å². The van der Waals surface area contributed by atoms with E-state index in [9.17, 15) is 4.79 Å². The van der Waals surface area contributed by atoms with E-state index in [0.717, 1.165) is 38.9 Å². The average Bonchev–Trinajstić information content (AvgIpc) is 2.75. The van der Waals surface area contributed by atoms with Gasteiger partial charge in [-0.25, -0.2) is 19.7 Å². The Kier molecular flexibility index (Phi) is 6.92. The molecule has 9 nitrogen and oxygen atoms in total. The van der Waals surface area contributed by atoms with Crippen LogP contribution >= 0.6 is 0 Å². The van der Waals surface area contributed by atoms with E-state index in [-0.39, 0.29) is 11.7 Å². The molecule has 1 aliphatic heterocycles. The number of nitriles is 1. The van der Waals surface area contributed by atoms with Crippen LogP contribution in [0.1, 0.15) is 42.2 Å². The van der Waals surface area contributed by atoms with Crippen molar-refractivity contribution in [2.24, 2.45) is 0 Å². The smallest absolute Gasteiger partial charge is 0.341 e. The number of aromatic nitrogens is 3. The van der Waals surface area contributed by atoms with Crippen LogP contribution in [0.15, 0.2) is 24.7 Å². The van der Waals surface area contributed by atoms with Crippen molar-refractivity contribution in [1.29, 1.82) is 5.26 Å². The van der Waals surface area contributed by atoms with Gasteiger partial charge in [0.1, 0.15) is 23.3 Å². The van der Waals surface area contributed by atoms with Gasteiger partial charge in [-0.15, -0.1) is 0 Å². The van der Waals surface area contributed by atoms with Gasteiger partial charge >= 0.3 is 5.97 Å². The molecule has 3 rings (SSSR count). The average molecular weight is 395 g/mol. The van der Waals surface area contributed by atoms with Crippen LogP contribution in [0.4, 0.5) is 17.3 Å². The lowest BCUT2D eigenvalue weighted by atomic mass is 10.0. The van der Waals surface area contributed by atoms with E-state index in [1.54, 1.807) is 6.07 Å². The first kappa shape index (κ1) is 20.5. The first-order valence-corrected chi connectivity index (χ1v) is 9.69.